The van der Waals surface area contributed by atoms with Crippen molar-refractivity contribution in [3.63, 3.8) is 0 Å². The Hall–Kier alpha value is -3.39. The Morgan fingerprint density at radius 3 is 2.67 bits per heavy atom. The number of benzene rings is 2. The molecule has 0 saturated carbocycles. The molecule has 0 amide bonds. The molecule has 2 aromatic carbocycles. The number of nitrogens with one attached hydrogen (secondary N) is 2. The third-order valence-electron chi connectivity index (χ3n) is 4.08. The van der Waals surface area contributed by atoms with E-state index in [0.29, 0.717) is 36.4 Å². The van der Waals surface area contributed by atoms with Crippen LogP contribution in [0.4, 0.5) is 4.39 Å². The lowest BCUT2D eigenvalue weighted by molar-refractivity contribution is 0.110. The number of aliphatic hydroxyl groups is 1. The molecule has 30 heavy (non-hydrogen) atoms. The number of rotatable bonds is 9. The second-order valence-electron chi connectivity index (χ2n) is 6.50. The zero-order valence-corrected chi connectivity index (χ0v) is 16.7. The molecule has 3 aromatic rings. The molecule has 1 heterocycles. The van der Waals surface area contributed by atoms with Crippen LogP contribution in [0.15, 0.2) is 70.3 Å². The summed E-state index contributed by atoms with van der Waals surface area (Å²) < 4.78 is 23.9. The molecule has 0 saturated heterocycles. The van der Waals surface area contributed by atoms with E-state index in [-0.39, 0.29) is 19.0 Å². The standard InChI is InChI=1S/C22H25FN4O3/c1-2-24-22(26-13-19(28)15-29-20-10-8-17(23)9-11-20)25-12-18-14-30-21(27-18)16-6-4-3-5-7-16/h3-11,14,19,28H,2,12-13,15H2,1H3,(H2,24,25,26). The Labute approximate surface area is 174 Å². The first-order chi connectivity index (χ1) is 14.6. The maximum Gasteiger partial charge on any atom is 0.226 e. The van der Waals surface area contributed by atoms with Crippen LogP contribution in [0, 0.1) is 5.82 Å². The van der Waals surface area contributed by atoms with E-state index >= 15 is 0 Å². The second kappa shape index (κ2) is 11.0. The lowest BCUT2D eigenvalue weighted by Gasteiger charge is -2.15. The van der Waals surface area contributed by atoms with Crippen LogP contribution < -0.4 is 15.4 Å². The van der Waals surface area contributed by atoms with Crippen LogP contribution in [0.1, 0.15) is 12.6 Å². The van der Waals surface area contributed by atoms with Crippen molar-refractivity contribution in [2.45, 2.75) is 19.6 Å². The van der Waals surface area contributed by atoms with E-state index in [4.69, 9.17) is 9.15 Å². The summed E-state index contributed by atoms with van der Waals surface area (Å²) in [6, 6.07) is 15.3. The summed E-state index contributed by atoms with van der Waals surface area (Å²) in [5.41, 5.74) is 1.60. The molecule has 0 aliphatic heterocycles. The van der Waals surface area contributed by atoms with Crippen molar-refractivity contribution >= 4 is 5.96 Å². The number of hydrogen-bond donors (Lipinski definition) is 3. The molecule has 0 radical (unpaired) electrons. The first-order valence-electron chi connectivity index (χ1n) is 9.72. The number of aliphatic hydroxyl groups excluding tert-OH is 1. The molecule has 1 aromatic heterocycles. The third kappa shape index (κ3) is 6.59. The van der Waals surface area contributed by atoms with Crippen molar-refractivity contribution in [1.82, 2.24) is 15.6 Å². The molecule has 8 heteroatoms. The van der Waals surface area contributed by atoms with Gasteiger partial charge in [-0.3, -0.25) is 0 Å². The van der Waals surface area contributed by atoms with Crippen molar-refractivity contribution in [3.8, 4) is 17.2 Å². The minimum absolute atomic E-state index is 0.0712. The molecule has 0 aliphatic rings. The van der Waals surface area contributed by atoms with Gasteiger partial charge in [-0.15, -0.1) is 0 Å². The SMILES string of the molecule is CCNC(=NCc1coc(-c2ccccc2)n1)NCC(O)COc1ccc(F)cc1. The van der Waals surface area contributed by atoms with Gasteiger partial charge in [-0.1, -0.05) is 18.2 Å². The van der Waals surface area contributed by atoms with Gasteiger partial charge in [0.05, 0.1) is 6.54 Å². The summed E-state index contributed by atoms with van der Waals surface area (Å²) >= 11 is 0. The van der Waals surface area contributed by atoms with Gasteiger partial charge in [0.1, 0.15) is 36.2 Å². The van der Waals surface area contributed by atoms with Gasteiger partial charge in [-0.2, -0.15) is 0 Å². The quantitative estimate of drug-likeness (QED) is 0.370. The summed E-state index contributed by atoms with van der Waals surface area (Å²) in [5.74, 6) is 1.25. The Kier molecular flexibility index (Phi) is 7.79. The van der Waals surface area contributed by atoms with Gasteiger partial charge in [-0.05, 0) is 43.3 Å². The zero-order chi connectivity index (χ0) is 21.2. The maximum atomic E-state index is 12.9. The second-order valence-corrected chi connectivity index (χ2v) is 6.50. The lowest BCUT2D eigenvalue weighted by atomic mass is 10.2. The highest BCUT2D eigenvalue weighted by molar-refractivity contribution is 5.79. The minimum atomic E-state index is -0.768. The number of oxazole rings is 1. The van der Waals surface area contributed by atoms with Gasteiger partial charge >= 0.3 is 0 Å². The molecular weight excluding hydrogens is 387 g/mol. The van der Waals surface area contributed by atoms with E-state index in [2.05, 4.69) is 20.6 Å². The molecule has 0 aliphatic carbocycles. The Morgan fingerprint density at radius 2 is 1.93 bits per heavy atom. The molecule has 3 rings (SSSR count). The predicted molar refractivity (Wildman–Crippen MR) is 113 cm³/mol. The fourth-order valence-corrected chi connectivity index (χ4v) is 2.59. The van der Waals surface area contributed by atoms with Gasteiger partial charge in [-0.25, -0.2) is 14.4 Å². The van der Waals surface area contributed by atoms with Crippen LogP contribution in [0.2, 0.25) is 0 Å². The number of aliphatic imine (C=N–C) groups is 1. The molecule has 158 valence electrons. The zero-order valence-electron chi connectivity index (χ0n) is 16.7. The maximum absolute atomic E-state index is 12.9. The summed E-state index contributed by atoms with van der Waals surface area (Å²) in [4.78, 5) is 8.92. The first-order valence-corrected chi connectivity index (χ1v) is 9.72. The van der Waals surface area contributed by atoms with Crippen LogP contribution in [0.25, 0.3) is 11.5 Å². The summed E-state index contributed by atoms with van der Waals surface area (Å²) in [5, 5.41) is 16.3. The summed E-state index contributed by atoms with van der Waals surface area (Å²) in [7, 11) is 0. The summed E-state index contributed by atoms with van der Waals surface area (Å²) in [6.07, 6.45) is 0.816. The average molecular weight is 412 g/mol. The van der Waals surface area contributed by atoms with Gasteiger partial charge in [0, 0.05) is 18.7 Å². The molecule has 1 unspecified atom stereocenters. The topological polar surface area (TPSA) is 91.9 Å². The Morgan fingerprint density at radius 1 is 1.17 bits per heavy atom. The van der Waals surface area contributed by atoms with E-state index in [1.165, 1.54) is 24.3 Å². The van der Waals surface area contributed by atoms with Gasteiger partial charge in [0.25, 0.3) is 0 Å². The van der Waals surface area contributed by atoms with Crippen molar-refractivity contribution in [1.29, 1.82) is 0 Å². The normalized spacial score (nSPS) is 12.4. The van der Waals surface area contributed by atoms with E-state index < -0.39 is 6.10 Å². The smallest absolute Gasteiger partial charge is 0.226 e. The van der Waals surface area contributed by atoms with E-state index in [0.717, 1.165) is 5.56 Å². The monoisotopic (exact) mass is 412 g/mol. The molecule has 0 fully saturated rings. The van der Waals surface area contributed by atoms with Crippen molar-refractivity contribution < 1.29 is 18.7 Å². The Balaban J connectivity index is 1.49. The van der Waals surface area contributed by atoms with Crippen LogP contribution in [0.3, 0.4) is 0 Å². The summed E-state index contributed by atoms with van der Waals surface area (Å²) in [6.45, 7) is 3.26. The minimum Gasteiger partial charge on any atom is -0.491 e. The van der Waals surface area contributed by atoms with Crippen LogP contribution in [-0.4, -0.2) is 41.9 Å². The van der Waals surface area contributed by atoms with E-state index in [1.54, 1.807) is 6.26 Å². The van der Waals surface area contributed by atoms with Crippen LogP contribution in [-0.2, 0) is 6.54 Å². The van der Waals surface area contributed by atoms with Gasteiger partial charge in [0.2, 0.25) is 5.89 Å². The van der Waals surface area contributed by atoms with E-state index in [9.17, 15) is 9.50 Å². The highest BCUT2D eigenvalue weighted by Crippen LogP contribution is 2.18. The molecule has 7 nitrogen and oxygen atoms in total. The van der Waals surface area contributed by atoms with Gasteiger partial charge in [0.15, 0.2) is 5.96 Å². The van der Waals surface area contributed by atoms with Crippen LogP contribution in [0.5, 0.6) is 5.75 Å². The number of aromatic nitrogens is 1. The van der Waals surface area contributed by atoms with E-state index in [1.807, 2.05) is 37.3 Å². The molecule has 3 N–H and O–H groups in total. The number of ether oxygens (including phenoxy) is 1. The fourth-order valence-electron chi connectivity index (χ4n) is 2.59. The largest absolute Gasteiger partial charge is 0.491 e. The van der Waals surface area contributed by atoms with Crippen molar-refractivity contribution in [2.75, 3.05) is 19.7 Å². The molecule has 0 spiro atoms. The number of nitrogens with zero attached hydrogens (tertiary/aromatic N) is 2. The first kappa shape index (κ1) is 21.3. The molecule has 1 atom stereocenters. The third-order valence-corrected chi connectivity index (χ3v) is 4.08. The predicted octanol–water partition coefficient (Wildman–Crippen LogP) is 2.98. The average Bonchev–Trinajstić information content (AvgIpc) is 3.25. The fraction of sp³-hybridized carbons (Fsp3) is 0.273. The molecule has 0 bridgehead atoms. The Bertz CT molecular complexity index is 929. The van der Waals surface area contributed by atoms with Crippen molar-refractivity contribution in [3.05, 3.63) is 72.4 Å². The van der Waals surface area contributed by atoms with Gasteiger partial charge < -0.3 is 24.9 Å². The van der Waals surface area contributed by atoms with Crippen molar-refractivity contribution in [2.24, 2.45) is 4.99 Å². The number of hydrogen-bond acceptors (Lipinski definition) is 5. The highest BCUT2D eigenvalue weighted by Gasteiger charge is 2.09. The van der Waals surface area contributed by atoms with Crippen LogP contribution >= 0.6 is 0 Å². The number of halogens is 1. The molecular formula is C22H25FN4O3. The lowest BCUT2D eigenvalue weighted by Crippen LogP contribution is -2.42. The number of guanidine groups is 1. The highest BCUT2D eigenvalue weighted by atomic mass is 19.1.